The molecule has 35 heavy (non-hydrogen) atoms. The average Bonchev–Trinajstić information content (AvgIpc) is 3.41. The van der Waals surface area contributed by atoms with E-state index in [1.807, 2.05) is 47.4 Å². The van der Waals surface area contributed by atoms with Crippen LogP contribution in [0.15, 0.2) is 80.5 Å². The number of hydrogen-bond donors (Lipinski definition) is 0. The lowest BCUT2D eigenvalue weighted by molar-refractivity contribution is -0.124. The van der Waals surface area contributed by atoms with Crippen LogP contribution >= 0.6 is 35.1 Å². The van der Waals surface area contributed by atoms with Gasteiger partial charge >= 0.3 is 0 Å². The zero-order valence-electron chi connectivity index (χ0n) is 19.5. The number of rotatable bonds is 3. The number of aliphatic imine (C=N–C) groups is 1. The van der Waals surface area contributed by atoms with Gasteiger partial charge in [-0.1, -0.05) is 79.0 Å². The Balaban J connectivity index is 1.46. The van der Waals surface area contributed by atoms with E-state index in [0.29, 0.717) is 5.02 Å². The van der Waals surface area contributed by atoms with Crippen molar-refractivity contribution in [3.05, 3.63) is 75.6 Å². The fourth-order valence-corrected chi connectivity index (χ4v) is 7.79. The molecule has 2 aliphatic heterocycles. The molecule has 0 bridgehead atoms. The quantitative estimate of drug-likeness (QED) is 0.327. The summed E-state index contributed by atoms with van der Waals surface area (Å²) in [7, 11) is 0. The molecule has 3 aliphatic rings. The van der Waals surface area contributed by atoms with Gasteiger partial charge in [0, 0.05) is 27.9 Å². The maximum atomic E-state index is 14.0. The van der Waals surface area contributed by atoms with Crippen molar-refractivity contribution in [3.63, 3.8) is 0 Å². The molecule has 0 radical (unpaired) electrons. The smallest absolute Gasteiger partial charge is 0.269 e. The van der Waals surface area contributed by atoms with Crippen LogP contribution in [0.25, 0.3) is 10.8 Å². The summed E-state index contributed by atoms with van der Waals surface area (Å²) in [6.45, 7) is 2.89. The van der Waals surface area contributed by atoms with Gasteiger partial charge in [0.1, 0.15) is 9.93 Å². The SMILES string of the molecule is CCN1C(=C2SC(=Nc3cccc4ccccc34)N(C3CCCCC3)C2=O)Sc2ccc(Cl)cc21. The van der Waals surface area contributed by atoms with Gasteiger partial charge in [-0.05, 0) is 61.2 Å². The number of fused-ring (bicyclic) bond motifs is 2. The number of halogens is 1. The number of amides is 1. The topological polar surface area (TPSA) is 35.9 Å². The van der Waals surface area contributed by atoms with Crippen LogP contribution in [-0.4, -0.2) is 28.6 Å². The summed E-state index contributed by atoms with van der Waals surface area (Å²) < 4.78 is 0. The summed E-state index contributed by atoms with van der Waals surface area (Å²) in [4.78, 5) is 25.3. The molecule has 3 aromatic rings. The Morgan fingerprint density at radius 1 is 1.00 bits per heavy atom. The number of amidine groups is 1. The van der Waals surface area contributed by atoms with E-state index in [-0.39, 0.29) is 11.9 Å². The summed E-state index contributed by atoms with van der Waals surface area (Å²) in [5, 5.41) is 4.76. The Morgan fingerprint density at radius 2 is 1.80 bits per heavy atom. The number of thioether (sulfide) groups is 2. The molecule has 0 unspecified atom stereocenters. The van der Waals surface area contributed by atoms with Gasteiger partial charge < -0.3 is 4.90 Å². The molecule has 3 aromatic carbocycles. The molecule has 0 atom stereocenters. The first-order chi connectivity index (χ1) is 17.1. The van der Waals surface area contributed by atoms with Crippen LogP contribution in [0.2, 0.25) is 5.02 Å². The lowest BCUT2D eigenvalue weighted by Crippen LogP contribution is -2.40. The van der Waals surface area contributed by atoms with Crippen molar-refractivity contribution in [1.82, 2.24) is 4.90 Å². The molecule has 2 heterocycles. The summed E-state index contributed by atoms with van der Waals surface area (Å²) in [6.07, 6.45) is 5.62. The first kappa shape index (κ1) is 23.0. The fourth-order valence-electron chi connectivity index (χ4n) is 5.20. The number of benzene rings is 3. The molecule has 1 amide bonds. The van der Waals surface area contributed by atoms with Crippen molar-refractivity contribution >= 4 is 68.3 Å². The predicted octanol–water partition coefficient (Wildman–Crippen LogP) is 8.19. The predicted molar refractivity (Wildman–Crippen MR) is 150 cm³/mol. The van der Waals surface area contributed by atoms with E-state index < -0.39 is 0 Å². The van der Waals surface area contributed by atoms with Gasteiger partial charge in [-0.25, -0.2) is 4.99 Å². The average molecular weight is 520 g/mol. The Labute approximate surface area is 219 Å². The standard InChI is InChI=1S/C28H26ClN3OS2/c1-2-31-23-17-19(29)15-16-24(23)34-27(31)25-26(33)32(20-11-4-3-5-12-20)28(35-25)30-22-14-8-10-18-9-6-7-13-21(18)22/h6-10,13-17,20H,2-5,11-12H2,1H3. The molecular weight excluding hydrogens is 494 g/mol. The first-order valence-corrected chi connectivity index (χ1v) is 14.2. The molecule has 1 aliphatic carbocycles. The number of nitrogens with zero attached hydrogens (tertiary/aromatic N) is 3. The lowest BCUT2D eigenvalue weighted by Gasteiger charge is -2.30. The van der Waals surface area contributed by atoms with Gasteiger partial charge in [-0.15, -0.1) is 0 Å². The van der Waals surface area contributed by atoms with Crippen molar-refractivity contribution in [2.45, 2.75) is 50.0 Å². The molecule has 0 N–H and O–H groups in total. The van der Waals surface area contributed by atoms with Gasteiger partial charge in [0.15, 0.2) is 5.17 Å². The molecule has 178 valence electrons. The minimum atomic E-state index is 0.0840. The Kier molecular flexibility index (Phi) is 6.29. The largest absolute Gasteiger partial charge is 0.334 e. The Hall–Kier alpha value is -2.41. The minimum Gasteiger partial charge on any atom is -0.334 e. The first-order valence-electron chi connectivity index (χ1n) is 12.2. The Morgan fingerprint density at radius 3 is 2.63 bits per heavy atom. The highest BCUT2D eigenvalue weighted by Gasteiger charge is 2.43. The summed E-state index contributed by atoms with van der Waals surface area (Å²) in [5.74, 6) is 0.0840. The van der Waals surface area contributed by atoms with Crippen LogP contribution in [0, 0.1) is 0 Å². The lowest BCUT2D eigenvalue weighted by atomic mass is 9.94. The fraction of sp³-hybridized carbons (Fsp3) is 0.286. The second-order valence-electron chi connectivity index (χ2n) is 9.05. The molecule has 2 fully saturated rings. The number of hydrogen-bond acceptors (Lipinski definition) is 5. The highest BCUT2D eigenvalue weighted by molar-refractivity contribution is 8.19. The number of carbonyl (C=O) groups is 1. The van der Waals surface area contributed by atoms with Crippen molar-refractivity contribution in [3.8, 4) is 0 Å². The minimum absolute atomic E-state index is 0.0840. The van der Waals surface area contributed by atoms with Crippen LogP contribution in [-0.2, 0) is 4.79 Å². The maximum absolute atomic E-state index is 14.0. The summed E-state index contributed by atoms with van der Waals surface area (Å²) in [6, 6.07) is 20.7. The third-order valence-corrected chi connectivity index (χ3v) is 9.50. The van der Waals surface area contributed by atoms with Crippen LogP contribution in [0.5, 0.6) is 0 Å². The monoisotopic (exact) mass is 519 g/mol. The van der Waals surface area contributed by atoms with Crippen LogP contribution in [0.3, 0.4) is 0 Å². The van der Waals surface area contributed by atoms with E-state index in [9.17, 15) is 4.79 Å². The zero-order valence-corrected chi connectivity index (χ0v) is 21.9. The third kappa shape index (κ3) is 4.15. The molecule has 1 saturated carbocycles. The molecule has 4 nitrogen and oxygen atoms in total. The third-order valence-electron chi connectivity index (χ3n) is 6.91. The van der Waals surface area contributed by atoms with Crippen LogP contribution in [0.1, 0.15) is 39.0 Å². The van der Waals surface area contributed by atoms with Crippen molar-refractivity contribution in [2.24, 2.45) is 4.99 Å². The molecule has 0 spiro atoms. The molecule has 1 saturated heterocycles. The zero-order chi connectivity index (χ0) is 23.9. The second kappa shape index (κ2) is 9.57. The van der Waals surface area contributed by atoms with E-state index in [1.54, 1.807) is 11.8 Å². The van der Waals surface area contributed by atoms with E-state index in [1.165, 1.54) is 18.2 Å². The molecular formula is C28H26ClN3OS2. The normalized spacial score (nSPS) is 22.0. The van der Waals surface area contributed by atoms with E-state index in [4.69, 9.17) is 16.6 Å². The van der Waals surface area contributed by atoms with Crippen molar-refractivity contribution in [1.29, 1.82) is 0 Å². The second-order valence-corrected chi connectivity index (χ2v) is 11.5. The van der Waals surface area contributed by atoms with Gasteiger partial charge in [-0.3, -0.25) is 9.69 Å². The van der Waals surface area contributed by atoms with E-state index in [2.05, 4.69) is 30.0 Å². The van der Waals surface area contributed by atoms with Gasteiger partial charge in [0.25, 0.3) is 5.91 Å². The number of anilines is 1. The van der Waals surface area contributed by atoms with Crippen LogP contribution < -0.4 is 4.90 Å². The summed E-state index contributed by atoms with van der Waals surface area (Å²) >= 11 is 9.50. The highest BCUT2D eigenvalue weighted by Crippen LogP contribution is 2.52. The maximum Gasteiger partial charge on any atom is 0.269 e. The van der Waals surface area contributed by atoms with Crippen molar-refractivity contribution in [2.75, 3.05) is 11.4 Å². The van der Waals surface area contributed by atoms with E-state index in [0.717, 1.165) is 74.4 Å². The highest BCUT2D eigenvalue weighted by atomic mass is 35.5. The molecule has 0 aromatic heterocycles. The van der Waals surface area contributed by atoms with Gasteiger partial charge in [-0.2, -0.15) is 0 Å². The Bertz CT molecular complexity index is 1370. The van der Waals surface area contributed by atoms with Gasteiger partial charge in [0.05, 0.1) is 11.4 Å². The van der Waals surface area contributed by atoms with Gasteiger partial charge in [0.2, 0.25) is 0 Å². The van der Waals surface area contributed by atoms with Crippen LogP contribution in [0.4, 0.5) is 11.4 Å². The number of carbonyl (C=O) groups excluding carboxylic acids is 1. The molecule has 7 heteroatoms. The van der Waals surface area contributed by atoms with E-state index >= 15 is 0 Å². The molecule has 6 rings (SSSR count). The summed E-state index contributed by atoms with van der Waals surface area (Å²) in [5.41, 5.74) is 1.98. The van der Waals surface area contributed by atoms with Crippen molar-refractivity contribution < 1.29 is 4.79 Å².